The Bertz CT molecular complexity index is 137. The molecule has 1 N–H and O–H groups in total. The Morgan fingerprint density at radius 1 is 1.57 bits per heavy atom. The van der Waals surface area contributed by atoms with Crippen LogP contribution in [0.15, 0.2) is 0 Å². The Labute approximate surface area is 85.9 Å². The van der Waals surface area contributed by atoms with E-state index in [0.29, 0.717) is 18.9 Å². The fraction of sp³-hybridized carbons (Fsp3) is 1.00. The summed E-state index contributed by atoms with van der Waals surface area (Å²) < 4.78 is 15.5. The molecule has 84 valence electrons. The van der Waals surface area contributed by atoms with E-state index >= 15 is 0 Å². The lowest BCUT2D eigenvalue weighted by molar-refractivity contribution is -0.137. The molecule has 1 rings (SSSR count). The highest BCUT2D eigenvalue weighted by Crippen LogP contribution is 2.05. The van der Waals surface area contributed by atoms with Crippen LogP contribution in [0.4, 0.5) is 0 Å². The van der Waals surface area contributed by atoms with Crippen LogP contribution in [0.1, 0.15) is 19.8 Å². The molecule has 0 saturated carbocycles. The summed E-state index contributed by atoms with van der Waals surface area (Å²) in [5.74, 6) is 0. The monoisotopic (exact) mass is 203 g/mol. The minimum atomic E-state index is 0.314. The Hall–Kier alpha value is -0.160. The van der Waals surface area contributed by atoms with Gasteiger partial charge in [-0.05, 0) is 19.8 Å². The fourth-order valence-corrected chi connectivity index (χ4v) is 1.39. The molecule has 0 aliphatic carbocycles. The van der Waals surface area contributed by atoms with Crippen LogP contribution >= 0.6 is 0 Å². The average Bonchev–Trinajstić information content (AvgIpc) is 2.25. The second-order valence-corrected chi connectivity index (χ2v) is 3.69. The van der Waals surface area contributed by atoms with Gasteiger partial charge in [0, 0.05) is 26.3 Å². The predicted molar refractivity (Wildman–Crippen MR) is 54.3 cm³/mol. The molecule has 0 aromatic carbocycles. The van der Waals surface area contributed by atoms with Gasteiger partial charge in [0.15, 0.2) is 0 Å². The van der Waals surface area contributed by atoms with Gasteiger partial charge in [0.1, 0.15) is 6.79 Å². The zero-order chi connectivity index (χ0) is 10.2. The van der Waals surface area contributed by atoms with Gasteiger partial charge in [-0.15, -0.1) is 0 Å². The summed E-state index contributed by atoms with van der Waals surface area (Å²) in [6.45, 7) is 5.15. The van der Waals surface area contributed by atoms with Crippen molar-refractivity contribution in [3.05, 3.63) is 0 Å². The molecular formula is C10H21NO3. The highest BCUT2D eigenvalue weighted by atomic mass is 16.7. The Morgan fingerprint density at radius 3 is 3.07 bits per heavy atom. The SMILES string of the molecule is COCCC(C)NCC1CCOCO1. The second-order valence-electron chi connectivity index (χ2n) is 3.69. The molecule has 2 atom stereocenters. The minimum absolute atomic E-state index is 0.314. The van der Waals surface area contributed by atoms with Gasteiger partial charge in [0.05, 0.1) is 12.7 Å². The van der Waals surface area contributed by atoms with E-state index < -0.39 is 0 Å². The summed E-state index contributed by atoms with van der Waals surface area (Å²) in [7, 11) is 1.73. The maximum atomic E-state index is 5.42. The summed E-state index contributed by atoms with van der Waals surface area (Å²) in [5, 5.41) is 3.43. The van der Waals surface area contributed by atoms with E-state index in [0.717, 1.165) is 32.6 Å². The van der Waals surface area contributed by atoms with E-state index in [4.69, 9.17) is 14.2 Å². The smallest absolute Gasteiger partial charge is 0.147 e. The van der Waals surface area contributed by atoms with E-state index in [9.17, 15) is 0 Å². The van der Waals surface area contributed by atoms with Crippen LogP contribution in [0.3, 0.4) is 0 Å². The second kappa shape index (κ2) is 7.17. The zero-order valence-electron chi connectivity index (χ0n) is 9.12. The van der Waals surface area contributed by atoms with Crippen molar-refractivity contribution in [3.63, 3.8) is 0 Å². The Morgan fingerprint density at radius 2 is 2.43 bits per heavy atom. The van der Waals surface area contributed by atoms with Crippen LogP contribution < -0.4 is 5.32 Å². The molecule has 1 heterocycles. The molecular weight excluding hydrogens is 182 g/mol. The van der Waals surface area contributed by atoms with E-state index in [1.54, 1.807) is 7.11 Å². The first-order valence-corrected chi connectivity index (χ1v) is 5.24. The van der Waals surface area contributed by atoms with Gasteiger partial charge in [0.25, 0.3) is 0 Å². The van der Waals surface area contributed by atoms with E-state index in [1.807, 2.05) is 0 Å². The standard InChI is InChI=1S/C10H21NO3/c1-9(3-5-12-2)11-7-10-4-6-13-8-14-10/h9-11H,3-8H2,1-2H3. The van der Waals surface area contributed by atoms with Gasteiger partial charge in [-0.25, -0.2) is 0 Å². The molecule has 0 radical (unpaired) electrons. The van der Waals surface area contributed by atoms with Gasteiger partial charge in [-0.3, -0.25) is 0 Å². The van der Waals surface area contributed by atoms with E-state index in [1.165, 1.54) is 0 Å². The van der Waals surface area contributed by atoms with Crippen molar-refractivity contribution in [2.75, 3.05) is 33.7 Å². The zero-order valence-corrected chi connectivity index (χ0v) is 9.12. The lowest BCUT2D eigenvalue weighted by atomic mass is 10.2. The largest absolute Gasteiger partial charge is 0.385 e. The normalized spacial score (nSPS) is 24.9. The average molecular weight is 203 g/mol. The molecule has 1 aliphatic rings. The minimum Gasteiger partial charge on any atom is -0.385 e. The van der Waals surface area contributed by atoms with Crippen molar-refractivity contribution >= 4 is 0 Å². The highest BCUT2D eigenvalue weighted by Gasteiger charge is 2.14. The lowest BCUT2D eigenvalue weighted by Crippen LogP contribution is -2.38. The third kappa shape index (κ3) is 4.91. The predicted octanol–water partition coefficient (Wildman–Crippen LogP) is 0.764. The molecule has 14 heavy (non-hydrogen) atoms. The molecule has 1 saturated heterocycles. The summed E-state index contributed by atoms with van der Waals surface area (Å²) in [6, 6.07) is 0.487. The van der Waals surface area contributed by atoms with Gasteiger partial charge in [-0.2, -0.15) is 0 Å². The number of hydrogen-bond donors (Lipinski definition) is 1. The molecule has 0 bridgehead atoms. The van der Waals surface area contributed by atoms with Crippen molar-refractivity contribution in [1.82, 2.24) is 5.32 Å². The van der Waals surface area contributed by atoms with Gasteiger partial charge < -0.3 is 19.5 Å². The van der Waals surface area contributed by atoms with Gasteiger partial charge >= 0.3 is 0 Å². The lowest BCUT2D eigenvalue weighted by Gasteiger charge is -2.24. The molecule has 0 spiro atoms. The van der Waals surface area contributed by atoms with Crippen LogP contribution in [0, 0.1) is 0 Å². The maximum Gasteiger partial charge on any atom is 0.147 e. The Balaban J connectivity index is 2.00. The molecule has 1 aliphatic heterocycles. The molecule has 2 unspecified atom stereocenters. The molecule has 0 aromatic rings. The van der Waals surface area contributed by atoms with Crippen LogP contribution in [0.2, 0.25) is 0 Å². The quantitative estimate of drug-likeness (QED) is 0.692. The first-order valence-electron chi connectivity index (χ1n) is 5.24. The molecule has 0 aromatic heterocycles. The first-order chi connectivity index (χ1) is 6.83. The van der Waals surface area contributed by atoms with Gasteiger partial charge in [0.2, 0.25) is 0 Å². The van der Waals surface area contributed by atoms with Crippen molar-refractivity contribution < 1.29 is 14.2 Å². The number of hydrogen-bond acceptors (Lipinski definition) is 4. The molecule has 0 amide bonds. The molecule has 4 nitrogen and oxygen atoms in total. The van der Waals surface area contributed by atoms with Crippen molar-refractivity contribution in [1.29, 1.82) is 0 Å². The Kier molecular flexibility index (Phi) is 6.10. The number of nitrogens with one attached hydrogen (secondary N) is 1. The van der Waals surface area contributed by atoms with Crippen molar-refractivity contribution in [2.45, 2.75) is 31.9 Å². The summed E-state index contributed by atoms with van der Waals surface area (Å²) >= 11 is 0. The van der Waals surface area contributed by atoms with Crippen molar-refractivity contribution in [2.24, 2.45) is 0 Å². The van der Waals surface area contributed by atoms with Crippen LogP contribution in [-0.2, 0) is 14.2 Å². The van der Waals surface area contributed by atoms with Crippen LogP contribution in [-0.4, -0.2) is 45.8 Å². The van der Waals surface area contributed by atoms with Crippen LogP contribution in [0.25, 0.3) is 0 Å². The fourth-order valence-electron chi connectivity index (χ4n) is 1.39. The summed E-state index contributed by atoms with van der Waals surface area (Å²) in [4.78, 5) is 0. The van der Waals surface area contributed by atoms with Gasteiger partial charge in [-0.1, -0.05) is 0 Å². The molecule has 4 heteroatoms. The third-order valence-electron chi connectivity index (χ3n) is 2.42. The first kappa shape index (κ1) is 11.9. The maximum absolute atomic E-state index is 5.42. The van der Waals surface area contributed by atoms with E-state index in [-0.39, 0.29) is 0 Å². The summed E-state index contributed by atoms with van der Waals surface area (Å²) in [5.41, 5.74) is 0. The number of ether oxygens (including phenoxy) is 3. The molecule has 1 fully saturated rings. The van der Waals surface area contributed by atoms with Crippen LogP contribution in [0.5, 0.6) is 0 Å². The van der Waals surface area contributed by atoms with E-state index in [2.05, 4.69) is 12.2 Å². The number of rotatable bonds is 6. The van der Waals surface area contributed by atoms with Crippen molar-refractivity contribution in [3.8, 4) is 0 Å². The highest BCUT2D eigenvalue weighted by molar-refractivity contribution is 4.67. The summed E-state index contributed by atoms with van der Waals surface area (Å²) in [6.07, 6.45) is 2.35. The topological polar surface area (TPSA) is 39.7 Å². The number of methoxy groups -OCH3 is 1. The third-order valence-corrected chi connectivity index (χ3v) is 2.42.